The molecule has 0 radical (unpaired) electrons. The van der Waals surface area contributed by atoms with E-state index in [4.69, 9.17) is 0 Å². The Bertz CT molecular complexity index is 396. The van der Waals surface area contributed by atoms with Crippen molar-refractivity contribution in [2.75, 3.05) is 0 Å². The lowest BCUT2D eigenvalue weighted by atomic mass is 9.95. The van der Waals surface area contributed by atoms with Gasteiger partial charge in [0.2, 0.25) is 0 Å². The second-order valence-electron chi connectivity index (χ2n) is 4.69. The Labute approximate surface area is 90.7 Å². The van der Waals surface area contributed by atoms with Crippen molar-refractivity contribution in [3.8, 4) is 0 Å². The van der Waals surface area contributed by atoms with Gasteiger partial charge in [0, 0.05) is 5.56 Å². The quantitative estimate of drug-likeness (QED) is 0.786. The molecule has 1 aliphatic rings. The molecule has 0 aliphatic carbocycles. The van der Waals surface area contributed by atoms with Crippen LogP contribution in [0.2, 0.25) is 0 Å². The lowest BCUT2D eigenvalue weighted by molar-refractivity contribution is 0.0953. The first-order chi connectivity index (χ1) is 7.09. The summed E-state index contributed by atoms with van der Waals surface area (Å²) in [6.07, 6.45) is 1.02. The molecule has 0 spiro atoms. The lowest BCUT2D eigenvalue weighted by Gasteiger charge is -2.13. The SMILES string of the molecule is Cc1cccc2c1C(=O)NC2CC(C)C. The lowest BCUT2D eigenvalue weighted by Crippen LogP contribution is -2.20. The predicted octanol–water partition coefficient (Wildman–Crippen LogP) is 2.83. The van der Waals surface area contributed by atoms with Gasteiger partial charge in [-0.2, -0.15) is 0 Å². The van der Waals surface area contributed by atoms with Crippen LogP contribution in [-0.4, -0.2) is 5.91 Å². The predicted molar refractivity (Wildman–Crippen MR) is 60.8 cm³/mol. The molecule has 1 heterocycles. The number of hydrogen-bond donors (Lipinski definition) is 1. The standard InChI is InChI=1S/C13H17NO/c1-8(2)7-11-10-6-4-5-9(3)12(10)13(15)14-11/h4-6,8,11H,7H2,1-3H3,(H,14,15). The molecule has 1 atom stereocenters. The van der Waals surface area contributed by atoms with Crippen LogP contribution in [0.3, 0.4) is 0 Å². The van der Waals surface area contributed by atoms with Crippen molar-refractivity contribution < 1.29 is 4.79 Å². The van der Waals surface area contributed by atoms with Gasteiger partial charge in [-0.15, -0.1) is 0 Å². The topological polar surface area (TPSA) is 29.1 Å². The van der Waals surface area contributed by atoms with E-state index in [2.05, 4.69) is 25.2 Å². The zero-order valence-electron chi connectivity index (χ0n) is 9.50. The molecule has 0 fully saturated rings. The molecule has 2 rings (SSSR count). The highest BCUT2D eigenvalue weighted by Crippen LogP contribution is 2.31. The first kappa shape index (κ1) is 10.2. The number of hydrogen-bond acceptors (Lipinski definition) is 1. The highest BCUT2D eigenvalue weighted by Gasteiger charge is 2.29. The van der Waals surface area contributed by atoms with Gasteiger partial charge in [-0.3, -0.25) is 4.79 Å². The molecule has 0 saturated carbocycles. The summed E-state index contributed by atoms with van der Waals surface area (Å²) in [5.74, 6) is 0.690. The maximum absolute atomic E-state index is 11.8. The van der Waals surface area contributed by atoms with Crippen molar-refractivity contribution in [2.45, 2.75) is 33.2 Å². The summed E-state index contributed by atoms with van der Waals surface area (Å²) in [6.45, 7) is 6.36. The van der Waals surface area contributed by atoms with Crippen LogP contribution in [-0.2, 0) is 0 Å². The third kappa shape index (κ3) is 1.76. The molecular formula is C13H17NO. The largest absolute Gasteiger partial charge is 0.345 e. The number of fused-ring (bicyclic) bond motifs is 1. The average molecular weight is 203 g/mol. The fraction of sp³-hybridized carbons (Fsp3) is 0.462. The van der Waals surface area contributed by atoms with Crippen LogP contribution in [0, 0.1) is 12.8 Å². The Morgan fingerprint density at radius 2 is 2.13 bits per heavy atom. The van der Waals surface area contributed by atoms with Crippen LogP contribution in [0.25, 0.3) is 0 Å². The van der Waals surface area contributed by atoms with E-state index in [1.165, 1.54) is 5.56 Å². The molecule has 1 N–H and O–H groups in total. The molecular weight excluding hydrogens is 186 g/mol. The second-order valence-corrected chi connectivity index (χ2v) is 4.69. The van der Waals surface area contributed by atoms with Crippen molar-refractivity contribution in [3.63, 3.8) is 0 Å². The first-order valence-corrected chi connectivity index (χ1v) is 5.50. The molecule has 15 heavy (non-hydrogen) atoms. The zero-order valence-corrected chi connectivity index (χ0v) is 9.50. The maximum atomic E-state index is 11.8. The summed E-state index contributed by atoms with van der Waals surface area (Å²) in [5, 5.41) is 3.05. The van der Waals surface area contributed by atoms with E-state index in [1.807, 2.05) is 19.1 Å². The van der Waals surface area contributed by atoms with Crippen LogP contribution >= 0.6 is 0 Å². The number of nitrogens with one attached hydrogen (secondary N) is 1. The molecule has 80 valence electrons. The first-order valence-electron chi connectivity index (χ1n) is 5.50. The Hall–Kier alpha value is -1.31. The van der Waals surface area contributed by atoms with Crippen molar-refractivity contribution in [1.29, 1.82) is 0 Å². The molecule has 1 aromatic rings. The molecule has 0 saturated heterocycles. The van der Waals surface area contributed by atoms with Crippen LogP contribution in [0.15, 0.2) is 18.2 Å². The van der Waals surface area contributed by atoms with E-state index in [0.717, 1.165) is 17.5 Å². The minimum absolute atomic E-state index is 0.0914. The van der Waals surface area contributed by atoms with Gasteiger partial charge >= 0.3 is 0 Å². The van der Waals surface area contributed by atoms with Gasteiger partial charge in [0.05, 0.1) is 6.04 Å². The van der Waals surface area contributed by atoms with Gasteiger partial charge in [-0.25, -0.2) is 0 Å². The average Bonchev–Trinajstić information content (AvgIpc) is 2.44. The van der Waals surface area contributed by atoms with Gasteiger partial charge in [0.1, 0.15) is 0 Å². The number of rotatable bonds is 2. The number of amides is 1. The molecule has 2 nitrogen and oxygen atoms in total. The van der Waals surface area contributed by atoms with E-state index in [-0.39, 0.29) is 11.9 Å². The second kappa shape index (κ2) is 3.69. The van der Waals surface area contributed by atoms with Crippen molar-refractivity contribution in [1.82, 2.24) is 5.32 Å². The summed E-state index contributed by atoms with van der Waals surface area (Å²) in [4.78, 5) is 11.8. The molecule has 0 aromatic heterocycles. The minimum atomic E-state index is 0.0914. The Morgan fingerprint density at radius 1 is 1.40 bits per heavy atom. The summed E-state index contributed by atoms with van der Waals surface area (Å²) in [5.41, 5.74) is 3.15. The maximum Gasteiger partial charge on any atom is 0.252 e. The van der Waals surface area contributed by atoms with Gasteiger partial charge in [-0.1, -0.05) is 32.0 Å². The number of benzene rings is 1. The van der Waals surface area contributed by atoms with E-state index in [0.29, 0.717) is 5.92 Å². The van der Waals surface area contributed by atoms with Crippen LogP contribution in [0.5, 0.6) is 0 Å². The van der Waals surface area contributed by atoms with Crippen LogP contribution < -0.4 is 5.32 Å². The van der Waals surface area contributed by atoms with Gasteiger partial charge in [0.15, 0.2) is 0 Å². The summed E-state index contributed by atoms with van der Waals surface area (Å²) in [6, 6.07) is 6.30. The molecule has 1 aliphatic heterocycles. The van der Waals surface area contributed by atoms with E-state index in [9.17, 15) is 4.79 Å². The Balaban J connectivity index is 2.38. The van der Waals surface area contributed by atoms with Crippen molar-refractivity contribution >= 4 is 5.91 Å². The van der Waals surface area contributed by atoms with E-state index >= 15 is 0 Å². The monoisotopic (exact) mass is 203 g/mol. The fourth-order valence-corrected chi connectivity index (χ4v) is 2.26. The molecule has 2 heteroatoms. The highest BCUT2D eigenvalue weighted by atomic mass is 16.2. The number of aryl methyl sites for hydroxylation is 1. The van der Waals surface area contributed by atoms with Gasteiger partial charge in [-0.05, 0) is 30.4 Å². The highest BCUT2D eigenvalue weighted by molar-refractivity contribution is 6.00. The molecule has 1 aromatic carbocycles. The number of carbonyl (C=O) groups is 1. The molecule has 1 unspecified atom stereocenters. The Morgan fingerprint density at radius 3 is 2.80 bits per heavy atom. The zero-order chi connectivity index (χ0) is 11.0. The van der Waals surface area contributed by atoms with Crippen LogP contribution in [0.4, 0.5) is 0 Å². The van der Waals surface area contributed by atoms with E-state index < -0.39 is 0 Å². The molecule has 0 bridgehead atoms. The van der Waals surface area contributed by atoms with Gasteiger partial charge < -0.3 is 5.32 Å². The minimum Gasteiger partial charge on any atom is -0.345 e. The third-order valence-electron chi connectivity index (χ3n) is 2.92. The van der Waals surface area contributed by atoms with Crippen molar-refractivity contribution in [3.05, 3.63) is 34.9 Å². The van der Waals surface area contributed by atoms with E-state index in [1.54, 1.807) is 0 Å². The summed E-state index contributed by atoms with van der Waals surface area (Å²) in [7, 11) is 0. The summed E-state index contributed by atoms with van der Waals surface area (Å²) < 4.78 is 0. The van der Waals surface area contributed by atoms with Gasteiger partial charge in [0.25, 0.3) is 5.91 Å². The van der Waals surface area contributed by atoms with Crippen molar-refractivity contribution in [2.24, 2.45) is 5.92 Å². The fourth-order valence-electron chi connectivity index (χ4n) is 2.26. The summed E-state index contributed by atoms with van der Waals surface area (Å²) >= 11 is 0. The normalized spacial score (nSPS) is 19.2. The Kier molecular flexibility index (Phi) is 2.51. The number of carbonyl (C=O) groups excluding carboxylic acids is 1. The van der Waals surface area contributed by atoms with Crippen LogP contribution in [0.1, 0.15) is 47.8 Å². The smallest absolute Gasteiger partial charge is 0.252 e. The third-order valence-corrected chi connectivity index (χ3v) is 2.92. The molecule has 1 amide bonds.